The van der Waals surface area contributed by atoms with Crippen LogP contribution < -0.4 is 5.32 Å². The first-order valence-corrected chi connectivity index (χ1v) is 6.44. The number of carbonyl (C=O) groups is 1. The highest BCUT2D eigenvalue weighted by molar-refractivity contribution is 9.09. The van der Waals surface area contributed by atoms with Crippen LogP contribution in [-0.4, -0.2) is 29.0 Å². The van der Waals surface area contributed by atoms with Crippen LogP contribution in [0.3, 0.4) is 0 Å². The van der Waals surface area contributed by atoms with Crippen molar-refractivity contribution in [3.05, 3.63) is 0 Å². The highest BCUT2D eigenvalue weighted by atomic mass is 79.9. The molecule has 3 unspecified atom stereocenters. The molecule has 3 nitrogen and oxygen atoms in total. The van der Waals surface area contributed by atoms with Gasteiger partial charge in [-0.25, -0.2) is 0 Å². The molecule has 0 aromatic rings. The minimum Gasteiger partial charge on any atom is -0.365 e. The third kappa shape index (κ3) is 3.76. The lowest BCUT2D eigenvalue weighted by Crippen LogP contribution is -2.47. The molecule has 0 bridgehead atoms. The third-order valence-electron chi connectivity index (χ3n) is 2.75. The summed E-state index contributed by atoms with van der Waals surface area (Å²) in [4.78, 5) is 12.3. The van der Waals surface area contributed by atoms with Crippen molar-refractivity contribution in [2.45, 2.75) is 56.5 Å². The van der Waals surface area contributed by atoms with Crippen LogP contribution >= 0.6 is 15.9 Å². The van der Waals surface area contributed by atoms with Gasteiger partial charge in [0.05, 0.1) is 0 Å². The summed E-state index contributed by atoms with van der Waals surface area (Å²) in [6.07, 6.45) is 2.74. The standard InChI is InChI=1S/C11H20BrNO2/c1-8(12)7-9(2)13-10(14)11(3)5-4-6-15-11/h8-9H,4-7H2,1-3H3,(H,13,14). The molecule has 1 fully saturated rings. The molecule has 1 heterocycles. The van der Waals surface area contributed by atoms with Crippen molar-refractivity contribution < 1.29 is 9.53 Å². The van der Waals surface area contributed by atoms with E-state index >= 15 is 0 Å². The number of ether oxygens (including phenoxy) is 1. The second-order valence-electron chi connectivity index (χ2n) is 4.57. The van der Waals surface area contributed by atoms with E-state index < -0.39 is 5.60 Å². The Morgan fingerprint density at radius 3 is 2.73 bits per heavy atom. The Morgan fingerprint density at radius 2 is 2.27 bits per heavy atom. The van der Waals surface area contributed by atoms with Gasteiger partial charge in [0.1, 0.15) is 5.60 Å². The van der Waals surface area contributed by atoms with Crippen molar-refractivity contribution in [2.75, 3.05) is 6.61 Å². The SMILES string of the molecule is CC(Br)CC(C)NC(=O)C1(C)CCCO1. The number of alkyl halides is 1. The molecule has 0 aromatic heterocycles. The van der Waals surface area contributed by atoms with Gasteiger partial charge in [-0.3, -0.25) is 4.79 Å². The third-order valence-corrected chi connectivity index (χ3v) is 3.13. The lowest BCUT2D eigenvalue weighted by Gasteiger charge is -2.25. The van der Waals surface area contributed by atoms with Crippen LogP contribution in [0, 0.1) is 0 Å². The topological polar surface area (TPSA) is 38.3 Å². The molecule has 0 aromatic carbocycles. The van der Waals surface area contributed by atoms with Crippen LogP contribution in [0.4, 0.5) is 0 Å². The summed E-state index contributed by atoms with van der Waals surface area (Å²) < 4.78 is 5.48. The molecule has 0 spiro atoms. The fourth-order valence-electron chi connectivity index (χ4n) is 1.88. The second kappa shape index (κ2) is 5.30. The average Bonchev–Trinajstić information content (AvgIpc) is 2.51. The maximum absolute atomic E-state index is 11.9. The highest BCUT2D eigenvalue weighted by Crippen LogP contribution is 2.25. The molecule has 0 saturated carbocycles. The molecule has 15 heavy (non-hydrogen) atoms. The number of nitrogens with one attached hydrogen (secondary N) is 1. The van der Waals surface area contributed by atoms with Gasteiger partial charge in [-0.05, 0) is 33.1 Å². The van der Waals surface area contributed by atoms with E-state index in [1.54, 1.807) is 0 Å². The van der Waals surface area contributed by atoms with Gasteiger partial charge in [0.25, 0.3) is 5.91 Å². The van der Waals surface area contributed by atoms with Gasteiger partial charge >= 0.3 is 0 Å². The summed E-state index contributed by atoms with van der Waals surface area (Å²) in [7, 11) is 0. The summed E-state index contributed by atoms with van der Waals surface area (Å²) in [6, 6.07) is 0.188. The molecule has 1 saturated heterocycles. The second-order valence-corrected chi connectivity index (χ2v) is 6.14. The van der Waals surface area contributed by atoms with E-state index in [9.17, 15) is 4.79 Å². The van der Waals surface area contributed by atoms with Gasteiger partial charge < -0.3 is 10.1 Å². The van der Waals surface area contributed by atoms with Gasteiger partial charge in [0, 0.05) is 17.5 Å². The van der Waals surface area contributed by atoms with Crippen molar-refractivity contribution in [2.24, 2.45) is 0 Å². The number of carbonyl (C=O) groups excluding carboxylic acids is 1. The number of rotatable bonds is 4. The highest BCUT2D eigenvalue weighted by Gasteiger charge is 2.38. The van der Waals surface area contributed by atoms with E-state index in [1.165, 1.54) is 0 Å². The van der Waals surface area contributed by atoms with Crippen molar-refractivity contribution in [3.8, 4) is 0 Å². The Hall–Kier alpha value is -0.0900. The van der Waals surface area contributed by atoms with Crippen molar-refractivity contribution in [3.63, 3.8) is 0 Å². The van der Waals surface area contributed by atoms with Crippen molar-refractivity contribution in [1.29, 1.82) is 0 Å². The van der Waals surface area contributed by atoms with Crippen molar-refractivity contribution in [1.82, 2.24) is 5.32 Å². The molecule has 88 valence electrons. The zero-order valence-corrected chi connectivity index (χ0v) is 11.3. The van der Waals surface area contributed by atoms with E-state index in [0.29, 0.717) is 11.4 Å². The summed E-state index contributed by atoms with van der Waals surface area (Å²) >= 11 is 3.48. The minimum absolute atomic E-state index is 0.0284. The maximum atomic E-state index is 11.9. The van der Waals surface area contributed by atoms with Crippen LogP contribution in [0.2, 0.25) is 0 Å². The first-order chi connectivity index (χ1) is 6.94. The Bertz CT molecular complexity index is 225. The molecule has 1 aliphatic rings. The maximum Gasteiger partial charge on any atom is 0.252 e. The van der Waals surface area contributed by atoms with Gasteiger partial charge in [0.15, 0.2) is 0 Å². The number of amides is 1. The predicted molar refractivity (Wildman–Crippen MR) is 64.2 cm³/mol. The average molecular weight is 278 g/mol. The van der Waals surface area contributed by atoms with E-state index in [4.69, 9.17) is 4.74 Å². The van der Waals surface area contributed by atoms with Crippen LogP contribution in [0.25, 0.3) is 0 Å². The summed E-state index contributed by atoms with van der Waals surface area (Å²) in [6.45, 7) is 6.68. The summed E-state index contributed by atoms with van der Waals surface area (Å²) in [5.74, 6) is 0.0284. The quantitative estimate of drug-likeness (QED) is 0.801. The molecular formula is C11H20BrNO2. The fraction of sp³-hybridized carbons (Fsp3) is 0.909. The number of halogens is 1. The van der Waals surface area contributed by atoms with Crippen LogP contribution in [0.1, 0.15) is 40.0 Å². The van der Waals surface area contributed by atoms with E-state index in [0.717, 1.165) is 19.3 Å². The molecule has 1 N–H and O–H groups in total. The van der Waals surface area contributed by atoms with E-state index in [-0.39, 0.29) is 11.9 Å². The first kappa shape index (κ1) is 13.0. The van der Waals surface area contributed by atoms with Gasteiger partial charge in [0.2, 0.25) is 0 Å². The Balaban J connectivity index is 2.40. The Morgan fingerprint density at radius 1 is 1.60 bits per heavy atom. The molecule has 3 atom stereocenters. The first-order valence-electron chi connectivity index (χ1n) is 5.53. The molecule has 1 amide bonds. The molecule has 4 heteroatoms. The van der Waals surface area contributed by atoms with Gasteiger partial charge in [-0.15, -0.1) is 0 Å². The monoisotopic (exact) mass is 277 g/mol. The lowest BCUT2D eigenvalue weighted by atomic mass is 10.0. The van der Waals surface area contributed by atoms with Gasteiger partial charge in [-0.2, -0.15) is 0 Å². The minimum atomic E-state index is -0.593. The van der Waals surface area contributed by atoms with E-state index in [1.807, 2.05) is 13.8 Å². The van der Waals surface area contributed by atoms with Crippen LogP contribution in [0.5, 0.6) is 0 Å². The Kier molecular flexibility index (Phi) is 4.59. The largest absolute Gasteiger partial charge is 0.365 e. The van der Waals surface area contributed by atoms with Crippen LogP contribution in [-0.2, 0) is 9.53 Å². The number of hydrogen-bond acceptors (Lipinski definition) is 2. The molecular weight excluding hydrogens is 258 g/mol. The molecule has 0 radical (unpaired) electrons. The summed E-state index contributed by atoms with van der Waals surface area (Å²) in [5, 5.41) is 3.00. The zero-order valence-electron chi connectivity index (χ0n) is 9.68. The smallest absolute Gasteiger partial charge is 0.252 e. The predicted octanol–water partition coefficient (Wildman–Crippen LogP) is 2.23. The van der Waals surface area contributed by atoms with Gasteiger partial charge in [-0.1, -0.05) is 22.9 Å². The molecule has 0 aliphatic carbocycles. The normalized spacial score (nSPS) is 29.9. The number of hydrogen-bond donors (Lipinski definition) is 1. The lowest BCUT2D eigenvalue weighted by molar-refractivity contribution is -0.140. The summed E-state index contributed by atoms with van der Waals surface area (Å²) in [5.41, 5.74) is -0.593. The van der Waals surface area contributed by atoms with Crippen LogP contribution in [0.15, 0.2) is 0 Å². The molecule has 1 aliphatic heterocycles. The van der Waals surface area contributed by atoms with E-state index in [2.05, 4.69) is 28.2 Å². The zero-order chi connectivity index (χ0) is 11.5. The molecule has 1 rings (SSSR count). The van der Waals surface area contributed by atoms with Crippen molar-refractivity contribution >= 4 is 21.8 Å². The Labute approximate surface area is 100 Å². The fourth-order valence-corrected chi connectivity index (χ4v) is 2.44.